The highest BCUT2D eigenvalue weighted by molar-refractivity contribution is 7.10. The third-order valence-electron chi connectivity index (χ3n) is 3.60. The number of carboxylic acid groups (broad SMARTS) is 1. The van der Waals surface area contributed by atoms with Crippen molar-refractivity contribution in [2.75, 3.05) is 11.4 Å². The average molecular weight is 319 g/mol. The third kappa shape index (κ3) is 2.37. The maximum absolute atomic E-state index is 11.7. The Morgan fingerprint density at radius 3 is 2.95 bits per heavy atom. The van der Waals surface area contributed by atoms with Gasteiger partial charge >= 0.3 is 5.97 Å². The van der Waals surface area contributed by atoms with Crippen molar-refractivity contribution in [2.45, 2.75) is 12.5 Å². The summed E-state index contributed by atoms with van der Waals surface area (Å²) in [6.07, 6.45) is 0.814. The second kappa shape index (κ2) is 5.40. The molecule has 0 radical (unpaired) electrons. The number of rotatable bonds is 2. The molecule has 2 heterocycles. The van der Waals surface area contributed by atoms with E-state index in [1.807, 2.05) is 22.4 Å². The van der Waals surface area contributed by atoms with E-state index in [0.717, 1.165) is 22.5 Å². The lowest BCUT2D eigenvalue weighted by molar-refractivity contribution is -0.138. The number of thiophene rings is 1. The fourth-order valence-corrected chi connectivity index (χ4v) is 3.76. The molecule has 0 amide bonds. The van der Waals surface area contributed by atoms with E-state index in [9.17, 15) is 9.90 Å². The molecule has 1 atom stereocenters. The van der Waals surface area contributed by atoms with Crippen molar-refractivity contribution in [3.63, 3.8) is 0 Å². The van der Waals surface area contributed by atoms with E-state index in [2.05, 4.69) is 0 Å². The molecule has 1 aromatic carbocycles. The van der Waals surface area contributed by atoms with Gasteiger partial charge in [0.1, 0.15) is 6.07 Å². The fourth-order valence-electron chi connectivity index (χ4n) is 2.63. The minimum Gasteiger partial charge on any atom is -0.479 e. The molecule has 1 unspecified atom stereocenters. The molecule has 3 rings (SSSR count). The monoisotopic (exact) mass is 318 g/mol. The van der Waals surface area contributed by atoms with Gasteiger partial charge in [-0.1, -0.05) is 11.6 Å². The van der Waals surface area contributed by atoms with Gasteiger partial charge in [-0.3, -0.25) is 0 Å². The molecule has 106 valence electrons. The molecule has 0 saturated heterocycles. The van der Waals surface area contributed by atoms with Crippen LogP contribution >= 0.6 is 22.9 Å². The largest absolute Gasteiger partial charge is 0.479 e. The topological polar surface area (TPSA) is 64.3 Å². The van der Waals surface area contributed by atoms with Crippen molar-refractivity contribution in [3.8, 4) is 6.07 Å². The highest BCUT2D eigenvalue weighted by Gasteiger charge is 2.34. The molecule has 0 aliphatic carbocycles. The van der Waals surface area contributed by atoms with Gasteiger partial charge in [-0.05, 0) is 41.6 Å². The number of carbonyl (C=O) groups is 1. The van der Waals surface area contributed by atoms with Crippen LogP contribution in [0.3, 0.4) is 0 Å². The maximum Gasteiger partial charge on any atom is 0.331 e. The van der Waals surface area contributed by atoms with Crippen LogP contribution in [0.25, 0.3) is 0 Å². The second-order valence-electron chi connectivity index (χ2n) is 4.76. The lowest BCUT2D eigenvalue weighted by Crippen LogP contribution is -2.39. The van der Waals surface area contributed by atoms with Crippen LogP contribution in [0.1, 0.15) is 22.0 Å². The number of nitrogens with zero attached hydrogens (tertiary/aromatic N) is 2. The molecule has 6 heteroatoms. The maximum atomic E-state index is 11.7. The van der Waals surface area contributed by atoms with E-state index in [4.69, 9.17) is 16.9 Å². The molecule has 1 N–H and O–H groups in total. The summed E-state index contributed by atoms with van der Waals surface area (Å²) in [5.41, 5.74) is 1.96. The van der Waals surface area contributed by atoms with Crippen molar-refractivity contribution in [1.29, 1.82) is 5.26 Å². The molecule has 1 aliphatic heterocycles. The fraction of sp³-hybridized carbons (Fsp3) is 0.200. The smallest absolute Gasteiger partial charge is 0.331 e. The minimum absolute atomic E-state index is 0.343. The van der Waals surface area contributed by atoms with Crippen molar-refractivity contribution in [1.82, 2.24) is 0 Å². The van der Waals surface area contributed by atoms with Crippen LogP contribution in [0.5, 0.6) is 0 Å². The summed E-state index contributed by atoms with van der Waals surface area (Å²) in [6.45, 7) is 0.618. The lowest BCUT2D eigenvalue weighted by Gasteiger charge is -2.35. The van der Waals surface area contributed by atoms with Gasteiger partial charge in [0.15, 0.2) is 6.04 Å². The van der Waals surface area contributed by atoms with Crippen molar-refractivity contribution < 1.29 is 9.90 Å². The van der Waals surface area contributed by atoms with Crippen LogP contribution in [-0.2, 0) is 11.2 Å². The van der Waals surface area contributed by atoms with Crippen LogP contribution < -0.4 is 4.90 Å². The van der Waals surface area contributed by atoms with E-state index in [0.29, 0.717) is 17.1 Å². The standard InChI is InChI=1S/C15H11ClN2O2S/c16-12-7-10(2-1-9(12)8-17)18-5-3-13-11(4-6-21-13)14(18)15(19)20/h1-2,4,6-7,14H,3,5H2,(H,19,20). The summed E-state index contributed by atoms with van der Waals surface area (Å²) in [5.74, 6) is -0.880. The van der Waals surface area contributed by atoms with Crippen molar-refractivity contribution in [3.05, 3.63) is 50.7 Å². The SMILES string of the molecule is N#Cc1ccc(N2CCc3sccc3C2C(=O)O)cc1Cl. The van der Waals surface area contributed by atoms with E-state index in [1.165, 1.54) is 0 Å². The van der Waals surface area contributed by atoms with Gasteiger partial charge < -0.3 is 10.0 Å². The number of nitriles is 1. The predicted octanol–water partition coefficient (Wildman–Crippen LogP) is 3.46. The molecule has 4 nitrogen and oxygen atoms in total. The van der Waals surface area contributed by atoms with Gasteiger partial charge in [0.05, 0.1) is 10.6 Å². The highest BCUT2D eigenvalue weighted by Crippen LogP contribution is 2.37. The first-order chi connectivity index (χ1) is 10.1. The number of carboxylic acids is 1. The Morgan fingerprint density at radius 1 is 1.48 bits per heavy atom. The van der Waals surface area contributed by atoms with Crippen LogP contribution in [0.4, 0.5) is 5.69 Å². The Hall–Kier alpha value is -2.03. The normalized spacial score (nSPS) is 17.1. The highest BCUT2D eigenvalue weighted by atomic mass is 35.5. The Bertz CT molecular complexity index is 750. The summed E-state index contributed by atoms with van der Waals surface area (Å²) < 4.78 is 0. The number of aliphatic carboxylic acids is 1. The van der Waals surface area contributed by atoms with E-state index in [-0.39, 0.29) is 0 Å². The molecule has 1 aromatic heterocycles. The summed E-state index contributed by atoms with van der Waals surface area (Å²) >= 11 is 7.65. The first-order valence-electron chi connectivity index (χ1n) is 6.37. The number of hydrogen-bond acceptors (Lipinski definition) is 4. The van der Waals surface area contributed by atoms with Crippen LogP contribution in [0.15, 0.2) is 29.6 Å². The van der Waals surface area contributed by atoms with Gasteiger partial charge in [-0.25, -0.2) is 4.79 Å². The van der Waals surface area contributed by atoms with E-state index < -0.39 is 12.0 Å². The van der Waals surface area contributed by atoms with Crippen LogP contribution in [0.2, 0.25) is 5.02 Å². The zero-order chi connectivity index (χ0) is 15.0. The minimum atomic E-state index is -0.880. The number of benzene rings is 1. The number of fused-ring (bicyclic) bond motifs is 1. The van der Waals surface area contributed by atoms with E-state index in [1.54, 1.807) is 29.5 Å². The zero-order valence-corrected chi connectivity index (χ0v) is 12.5. The molecule has 0 fully saturated rings. The molecular weight excluding hydrogens is 308 g/mol. The Kier molecular flexibility index (Phi) is 3.58. The molecule has 0 saturated carbocycles. The van der Waals surface area contributed by atoms with Gasteiger partial charge in [-0.15, -0.1) is 11.3 Å². The quantitative estimate of drug-likeness (QED) is 0.921. The second-order valence-corrected chi connectivity index (χ2v) is 6.17. The summed E-state index contributed by atoms with van der Waals surface area (Å²) in [7, 11) is 0. The Labute approximate surface area is 130 Å². The Morgan fingerprint density at radius 2 is 2.29 bits per heavy atom. The molecule has 21 heavy (non-hydrogen) atoms. The van der Waals surface area contributed by atoms with Crippen molar-refractivity contribution >= 4 is 34.6 Å². The molecule has 2 aromatic rings. The van der Waals surface area contributed by atoms with Gasteiger partial charge in [0.2, 0.25) is 0 Å². The average Bonchev–Trinajstić information content (AvgIpc) is 2.94. The number of halogens is 1. The molecular formula is C15H11ClN2O2S. The summed E-state index contributed by atoms with van der Waals surface area (Å²) in [4.78, 5) is 14.6. The predicted molar refractivity (Wildman–Crippen MR) is 81.9 cm³/mol. The van der Waals surface area contributed by atoms with Crippen LogP contribution in [-0.4, -0.2) is 17.6 Å². The molecule has 0 spiro atoms. The Balaban J connectivity index is 2.04. The number of hydrogen-bond donors (Lipinski definition) is 1. The zero-order valence-electron chi connectivity index (χ0n) is 10.9. The van der Waals surface area contributed by atoms with Gasteiger partial charge in [0.25, 0.3) is 0 Å². The summed E-state index contributed by atoms with van der Waals surface area (Å²) in [6, 6.07) is 8.20. The first-order valence-corrected chi connectivity index (χ1v) is 7.63. The van der Waals surface area contributed by atoms with E-state index >= 15 is 0 Å². The molecule has 1 aliphatic rings. The summed E-state index contributed by atoms with van der Waals surface area (Å²) in [5, 5.41) is 20.8. The van der Waals surface area contributed by atoms with Gasteiger partial charge in [-0.2, -0.15) is 5.26 Å². The van der Waals surface area contributed by atoms with Crippen molar-refractivity contribution in [2.24, 2.45) is 0 Å². The third-order valence-corrected chi connectivity index (χ3v) is 4.91. The van der Waals surface area contributed by atoms with Gasteiger partial charge in [0, 0.05) is 17.1 Å². The van der Waals surface area contributed by atoms with Crippen LogP contribution in [0, 0.1) is 11.3 Å². The molecule has 0 bridgehead atoms. The lowest BCUT2D eigenvalue weighted by atomic mass is 9.99. The number of anilines is 1. The first kappa shape index (κ1) is 13.9.